The molecule has 3 rings (SSSR count). The number of hydrogen-bond donors (Lipinski definition) is 3. The molecule has 0 aliphatic rings. The summed E-state index contributed by atoms with van der Waals surface area (Å²) in [6.07, 6.45) is 0. The maximum absolute atomic E-state index is 9.78. The summed E-state index contributed by atoms with van der Waals surface area (Å²) in [5.74, 6) is 1.23. The van der Waals surface area contributed by atoms with Crippen LogP contribution in [0.25, 0.3) is 22.1 Å². The summed E-state index contributed by atoms with van der Waals surface area (Å²) in [5.41, 5.74) is 6.77. The van der Waals surface area contributed by atoms with Crippen molar-refractivity contribution >= 4 is 17.0 Å². The van der Waals surface area contributed by atoms with Gasteiger partial charge in [-0.1, -0.05) is 6.07 Å². The van der Waals surface area contributed by atoms with Crippen molar-refractivity contribution in [3.05, 3.63) is 35.7 Å². The molecule has 0 saturated carbocycles. The molecular formula is C12H10N4OS. The maximum Gasteiger partial charge on any atom is 0.185 e. The average Bonchev–Trinajstić information content (AvgIpc) is 3.00. The SMILES string of the molecule is Nc1ccc(O)c(-c2n[nH]c(-c3cccs3)n2)c1. The van der Waals surface area contributed by atoms with Crippen LogP contribution in [0.3, 0.4) is 0 Å². The quantitative estimate of drug-likeness (QED) is 0.486. The Balaban J connectivity index is 2.05. The van der Waals surface area contributed by atoms with Crippen molar-refractivity contribution in [3.63, 3.8) is 0 Å². The molecule has 90 valence electrons. The Morgan fingerprint density at radius 2 is 2.17 bits per heavy atom. The zero-order valence-corrected chi connectivity index (χ0v) is 10.1. The van der Waals surface area contributed by atoms with Gasteiger partial charge in [0, 0.05) is 5.69 Å². The second kappa shape index (κ2) is 4.15. The van der Waals surface area contributed by atoms with E-state index in [1.807, 2.05) is 17.5 Å². The molecule has 0 aliphatic heterocycles. The van der Waals surface area contributed by atoms with Crippen LogP contribution in [0.15, 0.2) is 35.7 Å². The molecule has 0 amide bonds. The van der Waals surface area contributed by atoms with Gasteiger partial charge in [0.05, 0.1) is 10.4 Å². The van der Waals surface area contributed by atoms with Crippen molar-refractivity contribution in [1.29, 1.82) is 0 Å². The van der Waals surface area contributed by atoms with E-state index in [1.54, 1.807) is 23.5 Å². The van der Waals surface area contributed by atoms with Crippen LogP contribution in [0, 0.1) is 0 Å². The van der Waals surface area contributed by atoms with Crippen molar-refractivity contribution in [2.24, 2.45) is 0 Å². The van der Waals surface area contributed by atoms with Crippen LogP contribution >= 0.6 is 11.3 Å². The number of nitrogens with one attached hydrogen (secondary N) is 1. The van der Waals surface area contributed by atoms with Gasteiger partial charge in [0.1, 0.15) is 5.75 Å². The van der Waals surface area contributed by atoms with Crippen LogP contribution in [-0.4, -0.2) is 20.3 Å². The molecule has 1 aromatic carbocycles. The first kappa shape index (κ1) is 10.8. The Kier molecular flexibility index (Phi) is 2.49. The fraction of sp³-hybridized carbons (Fsp3) is 0. The van der Waals surface area contributed by atoms with Gasteiger partial charge in [0.15, 0.2) is 11.6 Å². The van der Waals surface area contributed by atoms with Crippen molar-refractivity contribution in [1.82, 2.24) is 15.2 Å². The molecule has 6 heteroatoms. The third-order valence-electron chi connectivity index (χ3n) is 2.50. The van der Waals surface area contributed by atoms with Crippen molar-refractivity contribution in [2.45, 2.75) is 0 Å². The number of nitrogen functional groups attached to an aromatic ring is 1. The normalized spacial score (nSPS) is 10.7. The minimum Gasteiger partial charge on any atom is -0.507 e. The Bertz CT molecular complexity index is 675. The molecule has 2 heterocycles. The number of rotatable bonds is 2. The summed E-state index contributed by atoms with van der Waals surface area (Å²) >= 11 is 1.57. The number of phenolic OH excluding ortho intramolecular Hbond substituents is 1. The predicted molar refractivity (Wildman–Crippen MR) is 71.2 cm³/mol. The summed E-state index contributed by atoms with van der Waals surface area (Å²) in [6.45, 7) is 0. The van der Waals surface area contributed by atoms with Gasteiger partial charge in [-0.05, 0) is 29.6 Å². The van der Waals surface area contributed by atoms with Gasteiger partial charge >= 0.3 is 0 Å². The minimum absolute atomic E-state index is 0.112. The second-order valence-corrected chi connectivity index (χ2v) is 4.71. The van der Waals surface area contributed by atoms with E-state index in [0.29, 0.717) is 22.9 Å². The zero-order valence-electron chi connectivity index (χ0n) is 9.29. The van der Waals surface area contributed by atoms with Gasteiger partial charge in [-0.2, -0.15) is 5.10 Å². The minimum atomic E-state index is 0.112. The number of anilines is 1. The number of aromatic amines is 1. The third kappa shape index (κ3) is 1.82. The molecule has 2 aromatic heterocycles. The average molecular weight is 258 g/mol. The summed E-state index contributed by atoms with van der Waals surface area (Å²) in [4.78, 5) is 5.35. The number of aromatic hydroxyl groups is 1. The second-order valence-electron chi connectivity index (χ2n) is 3.76. The van der Waals surface area contributed by atoms with E-state index in [2.05, 4.69) is 15.2 Å². The molecule has 3 aromatic rings. The van der Waals surface area contributed by atoms with Crippen LogP contribution in [0.4, 0.5) is 5.69 Å². The van der Waals surface area contributed by atoms with Gasteiger partial charge in [0.25, 0.3) is 0 Å². The fourth-order valence-corrected chi connectivity index (χ4v) is 2.30. The topological polar surface area (TPSA) is 87.8 Å². The number of benzene rings is 1. The Labute approximate surface area is 107 Å². The lowest BCUT2D eigenvalue weighted by Crippen LogP contribution is -1.87. The van der Waals surface area contributed by atoms with Gasteiger partial charge in [-0.25, -0.2) is 4.98 Å². The van der Waals surface area contributed by atoms with E-state index in [1.165, 1.54) is 6.07 Å². The van der Waals surface area contributed by atoms with Gasteiger partial charge in [0.2, 0.25) is 0 Å². The van der Waals surface area contributed by atoms with Crippen molar-refractivity contribution in [3.8, 4) is 27.8 Å². The number of thiophene rings is 1. The smallest absolute Gasteiger partial charge is 0.185 e. The number of nitrogens with zero attached hydrogens (tertiary/aromatic N) is 2. The maximum atomic E-state index is 9.78. The molecule has 0 aliphatic carbocycles. The van der Waals surface area contributed by atoms with E-state index in [-0.39, 0.29) is 5.75 Å². The number of H-pyrrole nitrogens is 1. The Hall–Kier alpha value is -2.34. The van der Waals surface area contributed by atoms with Crippen LogP contribution in [0.2, 0.25) is 0 Å². The van der Waals surface area contributed by atoms with E-state index in [4.69, 9.17) is 5.73 Å². The summed E-state index contributed by atoms with van der Waals surface area (Å²) in [6, 6.07) is 8.71. The van der Waals surface area contributed by atoms with Crippen LogP contribution in [-0.2, 0) is 0 Å². The number of nitrogens with two attached hydrogens (primary N) is 1. The highest BCUT2D eigenvalue weighted by Gasteiger charge is 2.12. The number of phenols is 1. The molecule has 0 atom stereocenters. The molecule has 5 nitrogen and oxygen atoms in total. The molecule has 0 spiro atoms. The summed E-state index contributed by atoms with van der Waals surface area (Å²) in [5, 5.41) is 18.7. The molecule has 18 heavy (non-hydrogen) atoms. The Morgan fingerprint density at radius 3 is 2.94 bits per heavy atom. The zero-order chi connectivity index (χ0) is 12.5. The van der Waals surface area contributed by atoms with E-state index in [9.17, 15) is 5.11 Å². The third-order valence-corrected chi connectivity index (χ3v) is 3.38. The summed E-state index contributed by atoms with van der Waals surface area (Å²) in [7, 11) is 0. The monoisotopic (exact) mass is 258 g/mol. The lowest BCUT2D eigenvalue weighted by Gasteiger charge is -2.00. The van der Waals surface area contributed by atoms with Crippen LogP contribution in [0.5, 0.6) is 5.75 Å². The lowest BCUT2D eigenvalue weighted by molar-refractivity contribution is 0.477. The lowest BCUT2D eigenvalue weighted by atomic mass is 10.1. The fourth-order valence-electron chi connectivity index (χ4n) is 1.64. The van der Waals surface area contributed by atoms with Crippen LogP contribution in [0.1, 0.15) is 0 Å². The van der Waals surface area contributed by atoms with Crippen molar-refractivity contribution < 1.29 is 5.11 Å². The first-order chi connectivity index (χ1) is 8.74. The number of aromatic nitrogens is 3. The first-order valence-corrected chi connectivity index (χ1v) is 6.17. The molecule has 0 unspecified atom stereocenters. The highest BCUT2D eigenvalue weighted by molar-refractivity contribution is 7.13. The standard InChI is InChI=1S/C12H10N4OS/c13-7-3-4-9(17)8(6-7)11-14-12(16-15-11)10-2-1-5-18-10/h1-6,17H,13H2,(H,14,15,16). The first-order valence-electron chi connectivity index (χ1n) is 5.29. The van der Waals surface area contributed by atoms with E-state index < -0.39 is 0 Å². The van der Waals surface area contributed by atoms with Gasteiger partial charge < -0.3 is 10.8 Å². The van der Waals surface area contributed by atoms with Crippen molar-refractivity contribution in [2.75, 3.05) is 5.73 Å². The van der Waals surface area contributed by atoms with Gasteiger partial charge in [-0.3, -0.25) is 5.10 Å². The largest absolute Gasteiger partial charge is 0.507 e. The highest BCUT2D eigenvalue weighted by Crippen LogP contribution is 2.30. The number of hydrogen-bond acceptors (Lipinski definition) is 5. The predicted octanol–water partition coefficient (Wildman–Crippen LogP) is 2.49. The Morgan fingerprint density at radius 1 is 1.28 bits per heavy atom. The molecule has 0 bridgehead atoms. The molecule has 0 radical (unpaired) electrons. The molecule has 0 saturated heterocycles. The molecule has 0 fully saturated rings. The highest BCUT2D eigenvalue weighted by atomic mass is 32.1. The summed E-state index contributed by atoms with van der Waals surface area (Å²) < 4.78 is 0. The van der Waals surface area contributed by atoms with Gasteiger partial charge in [-0.15, -0.1) is 11.3 Å². The van der Waals surface area contributed by atoms with E-state index in [0.717, 1.165) is 4.88 Å². The molecular weight excluding hydrogens is 248 g/mol. The molecule has 4 N–H and O–H groups in total. The van der Waals surface area contributed by atoms with Crippen LogP contribution < -0.4 is 5.73 Å². The van der Waals surface area contributed by atoms with E-state index >= 15 is 0 Å².